The molecule has 0 radical (unpaired) electrons. The highest BCUT2D eigenvalue weighted by Crippen LogP contribution is 2.20. The molecule has 0 aliphatic rings. The highest BCUT2D eigenvalue weighted by Gasteiger charge is 2.10. The standard InChI is InChI=1S/C18H20N2O3/c1-23-17(21)12-7-13-19-18(22)15-10-5-6-11-16(15)20-14-8-3-2-4-9-14/h2-6,8-11,20H,7,12-13H2,1H3,(H,19,22). The van der Waals surface area contributed by atoms with Crippen LogP contribution in [0.4, 0.5) is 11.4 Å². The van der Waals surface area contributed by atoms with E-state index in [1.165, 1.54) is 7.11 Å². The maximum absolute atomic E-state index is 12.3. The van der Waals surface area contributed by atoms with Gasteiger partial charge in [0.2, 0.25) is 0 Å². The Morgan fingerprint density at radius 2 is 1.70 bits per heavy atom. The van der Waals surface area contributed by atoms with Crippen molar-refractivity contribution in [2.75, 3.05) is 19.0 Å². The van der Waals surface area contributed by atoms with Gasteiger partial charge in [-0.1, -0.05) is 30.3 Å². The minimum absolute atomic E-state index is 0.172. The van der Waals surface area contributed by atoms with Crippen molar-refractivity contribution in [1.82, 2.24) is 5.32 Å². The molecule has 0 aliphatic carbocycles. The van der Waals surface area contributed by atoms with E-state index in [1.54, 1.807) is 6.07 Å². The lowest BCUT2D eigenvalue weighted by Crippen LogP contribution is -2.25. The van der Waals surface area contributed by atoms with E-state index in [0.717, 1.165) is 11.4 Å². The summed E-state index contributed by atoms with van der Waals surface area (Å²) < 4.78 is 4.57. The van der Waals surface area contributed by atoms with Crippen molar-refractivity contribution in [3.05, 3.63) is 60.2 Å². The third-order valence-corrected chi connectivity index (χ3v) is 3.30. The normalized spacial score (nSPS) is 9.96. The smallest absolute Gasteiger partial charge is 0.305 e. The molecule has 2 rings (SSSR count). The molecule has 0 saturated carbocycles. The highest BCUT2D eigenvalue weighted by molar-refractivity contribution is 6.00. The lowest BCUT2D eigenvalue weighted by atomic mass is 10.1. The molecule has 0 aromatic heterocycles. The molecule has 0 saturated heterocycles. The lowest BCUT2D eigenvalue weighted by molar-refractivity contribution is -0.140. The fourth-order valence-electron chi connectivity index (χ4n) is 2.10. The first-order valence-corrected chi connectivity index (χ1v) is 7.47. The number of hydrogen-bond donors (Lipinski definition) is 2. The molecule has 2 aromatic carbocycles. The van der Waals surface area contributed by atoms with E-state index in [0.29, 0.717) is 24.9 Å². The molecule has 0 atom stereocenters. The summed E-state index contributed by atoms with van der Waals surface area (Å²) in [6.07, 6.45) is 0.841. The molecule has 2 N–H and O–H groups in total. The Balaban J connectivity index is 1.96. The Hall–Kier alpha value is -2.82. The molecule has 23 heavy (non-hydrogen) atoms. The predicted molar refractivity (Wildman–Crippen MR) is 89.7 cm³/mol. The topological polar surface area (TPSA) is 67.4 Å². The SMILES string of the molecule is COC(=O)CCCNC(=O)c1ccccc1Nc1ccccc1. The van der Waals surface area contributed by atoms with Crippen molar-refractivity contribution in [1.29, 1.82) is 0 Å². The fourth-order valence-corrected chi connectivity index (χ4v) is 2.10. The number of methoxy groups -OCH3 is 1. The van der Waals surface area contributed by atoms with Crippen LogP contribution in [0, 0.1) is 0 Å². The molecule has 0 bridgehead atoms. The fraction of sp³-hybridized carbons (Fsp3) is 0.222. The number of hydrogen-bond acceptors (Lipinski definition) is 4. The molecule has 5 heteroatoms. The summed E-state index contributed by atoms with van der Waals surface area (Å²) in [6.45, 7) is 0.424. The molecule has 120 valence electrons. The highest BCUT2D eigenvalue weighted by atomic mass is 16.5. The molecule has 0 heterocycles. The summed E-state index contributed by atoms with van der Waals surface area (Å²) in [5.41, 5.74) is 2.22. The Morgan fingerprint density at radius 1 is 1.00 bits per heavy atom. The molecule has 0 spiro atoms. The third-order valence-electron chi connectivity index (χ3n) is 3.30. The van der Waals surface area contributed by atoms with Crippen molar-refractivity contribution in [2.45, 2.75) is 12.8 Å². The molecule has 2 aromatic rings. The predicted octanol–water partition coefficient (Wildman–Crippen LogP) is 3.11. The van der Waals surface area contributed by atoms with Gasteiger partial charge in [0.15, 0.2) is 0 Å². The van der Waals surface area contributed by atoms with E-state index in [1.807, 2.05) is 48.5 Å². The van der Waals surface area contributed by atoms with Gasteiger partial charge in [-0.15, -0.1) is 0 Å². The van der Waals surface area contributed by atoms with Gasteiger partial charge >= 0.3 is 5.97 Å². The molecular formula is C18H20N2O3. The summed E-state index contributed by atoms with van der Waals surface area (Å²) in [4.78, 5) is 23.3. The zero-order chi connectivity index (χ0) is 16.5. The minimum atomic E-state index is -0.273. The second-order valence-electron chi connectivity index (χ2n) is 4.97. The lowest BCUT2D eigenvalue weighted by Gasteiger charge is -2.12. The summed E-state index contributed by atoms with van der Waals surface area (Å²) in [7, 11) is 1.35. The van der Waals surface area contributed by atoms with Crippen LogP contribution in [-0.2, 0) is 9.53 Å². The largest absolute Gasteiger partial charge is 0.469 e. The molecule has 0 fully saturated rings. The Morgan fingerprint density at radius 3 is 2.43 bits per heavy atom. The van der Waals surface area contributed by atoms with Crippen LogP contribution in [0.5, 0.6) is 0 Å². The number of ether oxygens (including phenoxy) is 1. The number of nitrogens with one attached hydrogen (secondary N) is 2. The minimum Gasteiger partial charge on any atom is -0.469 e. The number of para-hydroxylation sites is 2. The Labute approximate surface area is 135 Å². The first-order valence-electron chi connectivity index (χ1n) is 7.47. The van der Waals surface area contributed by atoms with Crippen LogP contribution in [0.3, 0.4) is 0 Å². The van der Waals surface area contributed by atoms with E-state index in [-0.39, 0.29) is 11.9 Å². The van der Waals surface area contributed by atoms with Crippen molar-refractivity contribution in [3.8, 4) is 0 Å². The zero-order valence-corrected chi connectivity index (χ0v) is 13.0. The number of esters is 1. The third kappa shape index (κ3) is 5.14. The number of carbonyl (C=O) groups excluding carboxylic acids is 2. The van der Waals surface area contributed by atoms with Crippen molar-refractivity contribution < 1.29 is 14.3 Å². The first kappa shape index (κ1) is 16.5. The van der Waals surface area contributed by atoms with Crippen molar-refractivity contribution >= 4 is 23.3 Å². The van der Waals surface area contributed by atoms with Gasteiger partial charge < -0.3 is 15.4 Å². The van der Waals surface area contributed by atoms with Crippen LogP contribution in [0.15, 0.2) is 54.6 Å². The quantitative estimate of drug-likeness (QED) is 0.609. The molecule has 0 unspecified atom stereocenters. The van der Waals surface area contributed by atoms with Gasteiger partial charge in [0.1, 0.15) is 0 Å². The molecule has 1 amide bonds. The van der Waals surface area contributed by atoms with Gasteiger partial charge in [-0.25, -0.2) is 0 Å². The average Bonchev–Trinajstić information content (AvgIpc) is 2.59. The van der Waals surface area contributed by atoms with E-state index < -0.39 is 0 Å². The van der Waals surface area contributed by atoms with E-state index in [4.69, 9.17) is 0 Å². The molecule has 0 aliphatic heterocycles. The first-order chi connectivity index (χ1) is 11.2. The van der Waals surface area contributed by atoms with Crippen LogP contribution in [0.25, 0.3) is 0 Å². The van der Waals surface area contributed by atoms with Gasteiger partial charge in [-0.3, -0.25) is 9.59 Å². The second kappa shape index (κ2) is 8.58. The monoisotopic (exact) mass is 312 g/mol. The van der Waals surface area contributed by atoms with Crippen LogP contribution in [0.2, 0.25) is 0 Å². The van der Waals surface area contributed by atoms with Gasteiger partial charge in [0.25, 0.3) is 5.91 Å². The summed E-state index contributed by atoms with van der Waals surface area (Å²) in [5.74, 6) is -0.445. The van der Waals surface area contributed by atoms with Gasteiger partial charge in [-0.05, 0) is 30.7 Å². The number of carbonyl (C=O) groups is 2. The maximum atomic E-state index is 12.3. The Bertz CT molecular complexity index is 656. The average molecular weight is 312 g/mol. The number of amides is 1. The van der Waals surface area contributed by atoms with Crippen molar-refractivity contribution in [2.24, 2.45) is 0 Å². The molecule has 5 nitrogen and oxygen atoms in total. The summed E-state index contributed by atoms with van der Waals surface area (Å²) in [6, 6.07) is 17.0. The summed E-state index contributed by atoms with van der Waals surface area (Å²) in [5, 5.41) is 6.05. The van der Waals surface area contributed by atoms with E-state index in [2.05, 4.69) is 15.4 Å². The van der Waals surface area contributed by atoms with Crippen LogP contribution < -0.4 is 10.6 Å². The van der Waals surface area contributed by atoms with Crippen molar-refractivity contribution in [3.63, 3.8) is 0 Å². The van der Waals surface area contributed by atoms with Crippen LogP contribution in [0.1, 0.15) is 23.2 Å². The van der Waals surface area contributed by atoms with E-state index >= 15 is 0 Å². The molecular weight excluding hydrogens is 292 g/mol. The number of rotatable bonds is 7. The Kier molecular flexibility index (Phi) is 6.17. The van der Waals surface area contributed by atoms with Gasteiger partial charge in [0, 0.05) is 18.7 Å². The second-order valence-corrected chi connectivity index (χ2v) is 4.97. The number of anilines is 2. The number of benzene rings is 2. The van der Waals surface area contributed by atoms with Crippen LogP contribution >= 0.6 is 0 Å². The zero-order valence-electron chi connectivity index (χ0n) is 13.0. The summed E-state index contributed by atoms with van der Waals surface area (Å²) >= 11 is 0. The van der Waals surface area contributed by atoms with Gasteiger partial charge in [0.05, 0.1) is 18.4 Å². The maximum Gasteiger partial charge on any atom is 0.305 e. The van der Waals surface area contributed by atoms with Gasteiger partial charge in [-0.2, -0.15) is 0 Å². The van der Waals surface area contributed by atoms with Crippen LogP contribution in [-0.4, -0.2) is 25.5 Å². The van der Waals surface area contributed by atoms with E-state index in [9.17, 15) is 9.59 Å².